The van der Waals surface area contributed by atoms with Gasteiger partial charge in [-0.1, -0.05) is 30.3 Å². The van der Waals surface area contributed by atoms with Gasteiger partial charge in [0.05, 0.1) is 23.4 Å². The van der Waals surface area contributed by atoms with Crippen LogP contribution >= 0.6 is 12.4 Å². The van der Waals surface area contributed by atoms with Crippen LogP contribution in [0.15, 0.2) is 48.7 Å². The number of pyridine rings is 1. The summed E-state index contributed by atoms with van der Waals surface area (Å²) in [5.74, 6) is -0.449. The van der Waals surface area contributed by atoms with E-state index in [2.05, 4.69) is 16.4 Å². The number of nitriles is 1. The van der Waals surface area contributed by atoms with Gasteiger partial charge in [-0.05, 0) is 31.5 Å². The molecule has 0 aliphatic carbocycles. The van der Waals surface area contributed by atoms with E-state index < -0.39 is 5.97 Å². The third kappa shape index (κ3) is 3.61. The summed E-state index contributed by atoms with van der Waals surface area (Å²) in [5, 5.41) is 13.3. The SMILES string of the molecule is CCOC(=O)c1cnc2c(C#N)cccc2c1Nc1ccccc1C.Cl. The fourth-order valence-electron chi connectivity index (χ4n) is 2.66. The molecule has 2 aromatic carbocycles. The average Bonchev–Trinajstić information content (AvgIpc) is 2.63. The molecule has 0 aliphatic rings. The number of nitrogens with one attached hydrogen (secondary N) is 1. The Morgan fingerprint density at radius 3 is 2.69 bits per heavy atom. The van der Waals surface area contributed by atoms with Crippen molar-refractivity contribution in [3.05, 3.63) is 65.4 Å². The second-order valence-electron chi connectivity index (χ2n) is 5.52. The molecule has 0 bridgehead atoms. The Bertz CT molecular complexity index is 996. The van der Waals surface area contributed by atoms with Crippen molar-refractivity contribution in [3.8, 4) is 6.07 Å². The van der Waals surface area contributed by atoms with E-state index in [0.29, 0.717) is 27.7 Å². The minimum atomic E-state index is -0.449. The minimum Gasteiger partial charge on any atom is -0.462 e. The quantitative estimate of drug-likeness (QED) is 0.673. The van der Waals surface area contributed by atoms with E-state index in [1.807, 2.05) is 37.3 Å². The van der Waals surface area contributed by atoms with E-state index in [4.69, 9.17) is 4.74 Å². The van der Waals surface area contributed by atoms with Crippen LogP contribution in [0, 0.1) is 18.3 Å². The van der Waals surface area contributed by atoms with Crippen LogP contribution in [0.25, 0.3) is 10.9 Å². The molecular weight excluding hydrogens is 350 g/mol. The zero-order valence-electron chi connectivity index (χ0n) is 14.4. The lowest BCUT2D eigenvalue weighted by Crippen LogP contribution is -2.10. The fourth-order valence-corrected chi connectivity index (χ4v) is 2.66. The van der Waals surface area contributed by atoms with Gasteiger partial charge in [0.1, 0.15) is 11.6 Å². The highest BCUT2D eigenvalue weighted by Gasteiger charge is 2.18. The number of hydrogen-bond donors (Lipinski definition) is 1. The van der Waals surface area contributed by atoms with Crippen LogP contribution < -0.4 is 5.32 Å². The zero-order chi connectivity index (χ0) is 17.8. The maximum Gasteiger partial charge on any atom is 0.341 e. The summed E-state index contributed by atoms with van der Waals surface area (Å²) in [6.07, 6.45) is 1.46. The molecule has 26 heavy (non-hydrogen) atoms. The molecule has 0 fully saturated rings. The van der Waals surface area contributed by atoms with Gasteiger partial charge in [0.2, 0.25) is 0 Å². The first-order valence-electron chi connectivity index (χ1n) is 7.97. The summed E-state index contributed by atoms with van der Waals surface area (Å²) >= 11 is 0. The average molecular weight is 368 g/mol. The summed E-state index contributed by atoms with van der Waals surface area (Å²) in [5.41, 5.74) is 3.86. The molecule has 1 N–H and O–H groups in total. The maximum atomic E-state index is 12.4. The standard InChI is InChI=1S/C20H17N3O2.ClH/c1-3-25-20(24)16-12-22-18-14(11-21)8-6-9-15(18)19(16)23-17-10-5-4-7-13(17)2;/h4-10,12H,3H2,1-2H3,(H,22,23);1H. The fraction of sp³-hybridized carbons (Fsp3) is 0.150. The topological polar surface area (TPSA) is 75.0 Å². The first kappa shape index (κ1) is 19.2. The van der Waals surface area contributed by atoms with Gasteiger partial charge in [-0.2, -0.15) is 5.26 Å². The van der Waals surface area contributed by atoms with E-state index in [1.165, 1.54) is 6.20 Å². The highest BCUT2D eigenvalue weighted by atomic mass is 35.5. The van der Waals surface area contributed by atoms with Crippen LogP contribution in [0.3, 0.4) is 0 Å². The second kappa shape index (κ2) is 8.32. The smallest absolute Gasteiger partial charge is 0.341 e. The number of anilines is 2. The number of benzene rings is 2. The molecule has 3 rings (SSSR count). The number of aryl methyl sites for hydroxylation is 1. The number of fused-ring (bicyclic) bond motifs is 1. The van der Waals surface area contributed by atoms with E-state index in [-0.39, 0.29) is 19.0 Å². The van der Waals surface area contributed by atoms with Gasteiger partial charge < -0.3 is 10.1 Å². The van der Waals surface area contributed by atoms with Crippen molar-refractivity contribution in [2.45, 2.75) is 13.8 Å². The van der Waals surface area contributed by atoms with Crippen LogP contribution in [0.1, 0.15) is 28.4 Å². The molecule has 0 unspecified atom stereocenters. The molecule has 5 nitrogen and oxygen atoms in total. The highest BCUT2D eigenvalue weighted by Crippen LogP contribution is 2.32. The number of nitrogens with zero attached hydrogens (tertiary/aromatic N) is 2. The summed E-state index contributed by atoms with van der Waals surface area (Å²) < 4.78 is 5.16. The lowest BCUT2D eigenvalue weighted by atomic mass is 10.0. The number of halogens is 1. The van der Waals surface area contributed by atoms with Gasteiger partial charge in [0.15, 0.2) is 0 Å². The van der Waals surface area contributed by atoms with E-state index in [9.17, 15) is 10.1 Å². The largest absolute Gasteiger partial charge is 0.462 e. The molecule has 0 aliphatic heterocycles. The summed E-state index contributed by atoms with van der Waals surface area (Å²) in [4.78, 5) is 16.7. The monoisotopic (exact) mass is 367 g/mol. The number of rotatable bonds is 4. The molecule has 0 spiro atoms. The van der Waals surface area contributed by atoms with Crippen molar-refractivity contribution in [1.82, 2.24) is 4.98 Å². The Labute approximate surface area is 158 Å². The molecule has 0 saturated carbocycles. The van der Waals surface area contributed by atoms with Gasteiger partial charge in [0.25, 0.3) is 0 Å². The number of para-hydroxylation sites is 2. The summed E-state index contributed by atoms with van der Waals surface area (Å²) in [6, 6.07) is 15.3. The maximum absolute atomic E-state index is 12.4. The number of aromatic nitrogens is 1. The first-order valence-corrected chi connectivity index (χ1v) is 7.97. The zero-order valence-corrected chi connectivity index (χ0v) is 15.3. The normalized spacial score (nSPS) is 9.88. The van der Waals surface area contributed by atoms with Crippen LogP contribution in [0.2, 0.25) is 0 Å². The van der Waals surface area contributed by atoms with Gasteiger partial charge in [-0.25, -0.2) is 4.79 Å². The number of hydrogen-bond acceptors (Lipinski definition) is 5. The van der Waals surface area contributed by atoms with Crippen molar-refractivity contribution in [1.29, 1.82) is 5.26 Å². The predicted molar refractivity (Wildman–Crippen MR) is 104 cm³/mol. The number of carbonyl (C=O) groups excluding carboxylic acids is 1. The summed E-state index contributed by atoms with van der Waals surface area (Å²) in [6.45, 7) is 4.02. The Morgan fingerprint density at radius 1 is 1.23 bits per heavy atom. The Morgan fingerprint density at radius 2 is 2.00 bits per heavy atom. The molecule has 0 amide bonds. The second-order valence-corrected chi connectivity index (χ2v) is 5.52. The van der Waals surface area contributed by atoms with Gasteiger partial charge in [-0.3, -0.25) is 4.98 Å². The molecule has 6 heteroatoms. The third-order valence-corrected chi connectivity index (χ3v) is 3.92. The van der Waals surface area contributed by atoms with Crippen molar-refractivity contribution < 1.29 is 9.53 Å². The predicted octanol–water partition coefficient (Wildman–Crippen LogP) is 4.76. The highest BCUT2D eigenvalue weighted by molar-refractivity contribution is 6.07. The van der Waals surface area contributed by atoms with Crippen molar-refractivity contribution in [2.24, 2.45) is 0 Å². The number of carbonyl (C=O) groups is 1. The molecular formula is C20H18ClN3O2. The Kier molecular flexibility index (Phi) is 6.16. The van der Waals surface area contributed by atoms with Crippen LogP contribution in [-0.2, 0) is 4.74 Å². The van der Waals surface area contributed by atoms with E-state index in [1.54, 1.807) is 19.1 Å². The van der Waals surface area contributed by atoms with Crippen molar-refractivity contribution in [2.75, 3.05) is 11.9 Å². The van der Waals surface area contributed by atoms with Gasteiger partial charge in [0, 0.05) is 17.3 Å². The Balaban J connectivity index is 0.00000243. The first-order chi connectivity index (χ1) is 12.2. The molecule has 0 atom stereocenters. The van der Waals surface area contributed by atoms with E-state index >= 15 is 0 Å². The lowest BCUT2D eigenvalue weighted by molar-refractivity contribution is 0.0527. The van der Waals surface area contributed by atoms with Crippen molar-refractivity contribution >= 4 is 40.7 Å². The molecule has 3 aromatic rings. The van der Waals surface area contributed by atoms with Crippen LogP contribution in [0.4, 0.5) is 11.4 Å². The molecule has 1 heterocycles. The molecule has 132 valence electrons. The molecule has 1 aromatic heterocycles. The van der Waals surface area contributed by atoms with Crippen molar-refractivity contribution in [3.63, 3.8) is 0 Å². The number of esters is 1. The van der Waals surface area contributed by atoms with Gasteiger partial charge >= 0.3 is 5.97 Å². The lowest BCUT2D eigenvalue weighted by Gasteiger charge is -2.16. The van der Waals surface area contributed by atoms with Gasteiger partial charge in [-0.15, -0.1) is 12.4 Å². The number of ether oxygens (including phenoxy) is 1. The Hall–Kier alpha value is -3.10. The third-order valence-electron chi connectivity index (χ3n) is 3.92. The molecule has 0 saturated heterocycles. The van der Waals surface area contributed by atoms with Crippen LogP contribution in [-0.4, -0.2) is 17.6 Å². The molecule has 0 radical (unpaired) electrons. The van der Waals surface area contributed by atoms with Crippen LogP contribution in [0.5, 0.6) is 0 Å². The minimum absolute atomic E-state index is 0. The summed E-state index contributed by atoms with van der Waals surface area (Å²) in [7, 11) is 0. The van der Waals surface area contributed by atoms with E-state index in [0.717, 1.165) is 11.3 Å².